The van der Waals surface area contributed by atoms with Gasteiger partial charge in [0.25, 0.3) is 5.91 Å². The first-order chi connectivity index (χ1) is 10.3. The molecule has 21 heavy (non-hydrogen) atoms. The number of nitrogens with two attached hydrogens (primary N) is 1. The van der Waals surface area contributed by atoms with Crippen molar-refractivity contribution in [2.75, 3.05) is 5.32 Å². The molecule has 3 aromatic rings. The molecule has 0 unspecified atom stereocenters. The maximum absolute atomic E-state index is 12.0. The van der Waals surface area contributed by atoms with E-state index in [4.69, 9.17) is 10.2 Å². The van der Waals surface area contributed by atoms with Gasteiger partial charge < -0.3 is 15.5 Å². The van der Waals surface area contributed by atoms with Crippen molar-refractivity contribution in [2.24, 2.45) is 5.73 Å². The molecule has 0 aliphatic carbocycles. The fourth-order valence-electron chi connectivity index (χ4n) is 1.95. The lowest BCUT2D eigenvalue weighted by molar-refractivity contribution is 0.0995. The van der Waals surface area contributed by atoms with Crippen LogP contribution in [-0.4, -0.2) is 16.1 Å². The molecule has 0 atom stereocenters. The normalized spacial score (nSPS) is 10.5. The van der Waals surface area contributed by atoms with E-state index in [0.717, 1.165) is 11.3 Å². The van der Waals surface area contributed by atoms with Crippen LogP contribution in [0.3, 0.4) is 0 Å². The Kier molecular flexibility index (Phi) is 3.53. The van der Waals surface area contributed by atoms with Crippen LogP contribution in [0.25, 0.3) is 11.3 Å². The van der Waals surface area contributed by atoms with E-state index in [2.05, 4.69) is 15.5 Å². The first-order valence-corrected chi connectivity index (χ1v) is 6.46. The lowest BCUT2D eigenvalue weighted by Gasteiger charge is -2.04. The summed E-state index contributed by atoms with van der Waals surface area (Å²) in [5.41, 5.74) is 8.05. The smallest absolute Gasteiger partial charge is 0.291 e. The summed E-state index contributed by atoms with van der Waals surface area (Å²) in [4.78, 5) is 12.0. The average molecular weight is 282 g/mol. The van der Waals surface area contributed by atoms with Gasteiger partial charge in [-0.05, 0) is 35.9 Å². The Bertz CT molecular complexity index is 729. The van der Waals surface area contributed by atoms with Crippen LogP contribution in [0.15, 0.2) is 53.1 Å². The zero-order valence-electron chi connectivity index (χ0n) is 11.2. The van der Waals surface area contributed by atoms with E-state index in [1.807, 2.05) is 30.3 Å². The van der Waals surface area contributed by atoms with Crippen molar-refractivity contribution in [1.29, 1.82) is 0 Å². The summed E-state index contributed by atoms with van der Waals surface area (Å²) >= 11 is 0. The Balaban J connectivity index is 1.71. The Hall–Kier alpha value is -2.86. The quantitative estimate of drug-likeness (QED) is 0.684. The van der Waals surface area contributed by atoms with Crippen molar-refractivity contribution in [1.82, 2.24) is 10.2 Å². The molecule has 0 aliphatic heterocycles. The summed E-state index contributed by atoms with van der Waals surface area (Å²) in [7, 11) is 0. The molecule has 0 fully saturated rings. The van der Waals surface area contributed by atoms with Crippen molar-refractivity contribution in [3.05, 3.63) is 60.2 Å². The SMILES string of the molecule is NCc1ccc(C(=O)Nc2ccc(-c3ccn[nH]3)cc2)o1. The predicted octanol–water partition coefficient (Wildman–Crippen LogP) is 2.38. The minimum atomic E-state index is -0.302. The molecule has 6 nitrogen and oxygen atoms in total. The van der Waals surface area contributed by atoms with Gasteiger partial charge in [-0.1, -0.05) is 12.1 Å². The van der Waals surface area contributed by atoms with Gasteiger partial charge in [-0.2, -0.15) is 5.10 Å². The summed E-state index contributed by atoms with van der Waals surface area (Å²) < 4.78 is 5.30. The molecule has 106 valence electrons. The van der Waals surface area contributed by atoms with E-state index in [1.54, 1.807) is 18.3 Å². The molecule has 3 rings (SSSR count). The van der Waals surface area contributed by atoms with E-state index < -0.39 is 0 Å². The number of carbonyl (C=O) groups excluding carboxylic acids is 1. The molecule has 0 aliphatic rings. The maximum atomic E-state index is 12.0. The largest absolute Gasteiger partial charge is 0.455 e. The highest BCUT2D eigenvalue weighted by atomic mass is 16.4. The summed E-state index contributed by atoms with van der Waals surface area (Å²) in [5, 5.41) is 9.56. The summed E-state index contributed by atoms with van der Waals surface area (Å²) in [6.07, 6.45) is 1.69. The number of anilines is 1. The van der Waals surface area contributed by atoms with E-state index >= 15 is 0 Å². The fourth-order valence-corrected chi connectivity index (χ4v) is 1.95. The molecular formula is C15H14N4O2. The molecule has 0 spiro atoms. The van der Waals surface area contributed by atoms with Crippen LogP contribution in [0, 0.1) is 0 Å². The lowest BCUT2D eigenvalue weighted by Crippen LogP contribution is -2.10. The zero-order chi connectivity index (χ0) is 14.7. The van der Waals surface area contributed by atoms with Crippen molar-refractivity contribution in [2.45, 2.75) is 6.54 Å². The van der Waals surface area contributed by atoms with Crippen molar-refractivity contribution in [3.8, 4) is 11.3 Å². The van der Waals surface area contributed by atoms with Gasteiger partial charge >= 0.3 is 0 Å². The molecule has 0 bridgehead atoms. The lowest BCUT2D eigenvalue weighted by atomic mass is 10.1. The number of rotatable bonds is 4. The van der Waals surface area contributed by atoms with Crippen LogP contribution in [0.1, 0.15) is 16.3 Å². The third kappa shape index (κ3) is 2.85. The average Bonchev–Trinajstić information content (AvgIpc) is 3.19. The molecule has 2 aromatic heterocycles. The maximum Gasteiger partial charge on any atom is 0.291 e. The molecule has 1 amide bonds. The fraction of sp³-hybridized carbons (Fsp3) is 0.0667. The second-order valence-corrected chi connectivity index (χ2v) is 4.47. The number of benzene rings is 1. The first kappa shape index (κ1) is 13.1. The highest BCUT2D eigenvalue weighted by Crippen LogP contribution is 2.19. The summed E-state index contributed by atoms with van der Waals surface area (Å²) in [6, 6.07) is 12.6. The van der Waals surface area contributed by atoms with Crippen LogP contribution < -0.4 is 11.1 Å². The number of nitrogens with one attached hydrogen (secondary N) is 2. The number of hydrogen-bond acceptors (Lipinski definition) is 4. The Morgan fingerprint density at radius 3 is 2.62 bits per heavy atom. The molecule has 2 heterocycles. The number of hydrogen-bond donors (Lipinski definition) is 3. The number of aromatic nitrogens is 2. The molecule has 4 N–H and O–H groups in total. The zero-order valence-corrected chi connectivity index (χ0v) is 11.2. The number of nitrogens with zero attached hydrogens (tertiary/aromatic N) is 1. The van der Waals surface area contributed by atoms with Gasteiger partial charge in [0, 0.05) is 11.9 Å². The number of aromatic amines is 1. The van der Waals surface area contributed by atoms with Crippen LogP contribution in [0.4, 0.5) is 5.69 Å². The Morgan fingerprint density at radius 2 is 2.00 bits per heavy atom. The van der Waals surface area contributed by atoms with E-state index in [9.17, 15) is 4.79 Å². The minimum absolute atomic E-state index is 0.244. The van der Waals surface area contributed by atoms with Gasteiger partial charge in [-0.3, -0.25) is 9.89 Å². The van der Waals surface area contributed by atoms with Crippen molar-refractivity contribution < 1.29 is 9.21 Å². The van der Waals surface area contributed by atoms with Gasteiger partial charge in [-0.25, -0.2) is 0 Å². The highest BCUT2D eigenvalue weighted by molar-refractivity contribution is 6.02. The predicted molar refractivity (Wildman–Crippen MR) is 78.6 cm³/mol. The van der Waals surface area contributed by atoms with Crippen molar-refractivity contribution >= 4 is 11.6 Å². The standard InChI is InChI=1S/C15H14N4O2/c16-9-12-5-6-14(21-12)15(20)18-11-3-1-10(2-4-11)13-7-8-17-19-13/h1-8H,9,16H2,(H,17,19)(H,18,20). The van der Waals surface area contributed by atoms with Crippen molar-refractivity contribution in [3.63, 3.8) is 0 Å². The third-order valence-electron chi connectivity index (χ3n) is 3.04. The number of carbonyl (C=O) groups is 1. The summed E-state index contributed by atoms with van der Waals surface area (Å²) in [5.74, 6) is 0.520. The van der Waals surface area contributed by atoms with E-state index in [-0.39, 0.29) is 18.2 Å². The molecule has 1 aromatic carbocycles. The van der Waals surface area contributed by atoms with Gasteiger partial charge in [0.15, 0.2) is 5.76 Å². The Labute approximate surface area is 121 Å². The van der Waals surface area contributed by atoms with Crippen LogP contribution in [-0.2, 0) is 6.54 Å². The molecule has 0 radical (unpaired) electrons. The van der Waals surface area contributed by atoms with E-state index in [1.165, 1.54) is 0 Å². The number of amides is 1. The second-order valence-electron chi connectivity index (χ2n) is 4.47. The highest BCUT2D eigenvalue weighted by Gasteiger charge is 2.11. The van der Waals surface area contributed by atoms with Gasteiger partial charge in [0.1, 0.15) is 5.76 Å². The summed E-state index contributed by atoms with van der Waals surface area (Å²) in [6.45, 7) is 0.270. The van der Waals surface area contributed by atoms with Gasteiger partial charge in [-0.15, -0.1) is 0 Å². The van der Waals surface area contributed by atoms with E-state index in [0.29, 0.717) is 11.4 Å². The second kappa shape index (κ2) is 5.64. The molecule has 0 saturated heterocycles. The molecular weight excluding hydrogens is 268 g/mol. The van der Waals surface area contributed by atoms with Crippen LogP contribution in [0.2, 0.25) is 0 Å². The van der Waals surface area contributed by atoms with Gasteiger partial charge in [0.05, 0.1) is 12.2 Å². The molecule has 6 heteroatoms. The number of H-pyrrole nitrogens is 1. The Morgan fingerprint density at radius 1 is 1.19 bits per heavy atom. The minimum Gasteiger partial charge on any atom is -0.455 e. The van der Waals surface area contributed by atoms with Crippen LogP contribution in [0.5, 0.6) is 0 Å². The monoisotopic (exact) mass is 282 g/mol. The number of furan rings is 1. The van der Waals surface area contributed by atoms with Crippen LogP contribution >= 0.6 is 0 Å². The molecule has 0 saturated carbocycles. The van der Waals surface area contributed by atoms with Gasteiger partial charge in [0.2, 0.25) is 0 Å². The first-order valence-electron chi connectivity index (χ1n) is 6.46. The third-order valence-corrected chi connectivity index (χ3v) is 3.04. The topological polar surface area (TPSA) is 96.9 Å².